The molecule has 232 valence electrons. The van der Waals surface area contributed by atoms with Crippen LogP contribution in [-0.4, -0.2) is 36.2 Å². The van der Waals surface area contributed by atoms with Gasteiger partial charge in [-0.25, -0.2) is 4.79 Å². The van der Waals surface area contributed by atoms with E-state index in [0.29, 0.717) is 59.9 Å². The van der Waals surface area contributed by atoms with E-state index in [2.05, 4.69) is 20.8 Å². The van der Waals surface area contributed by atoms with Crippen molar-refractivity contribution in [3.8, 4) is 0 Å². The van der Waals surface area contributed by atoms with Crippen LogP contribution in [0.5, 0.6) is 0 Å². The van der Waals surface area contributed by atoms with Gasteiger partial charge in [-0.1, -0.05) is 41.0 Å². The highest BCUT2D eigenvalue weighted by Gasteiger charge is 2.65. The minimum atomic E-state index is -0.798. The van der Waals surface area contributed by atoms with Crippen LogP contribution in [0.15, 0.2) is 0 Å². The summed E-state index contributed by atoms with van der Waals surface area (Å²) in [6.45, 7) is 11.2. The number of hydrogen-bond acceptors (Lipinski definition) is 6. The molecule has 0 radical (unpaired) electrons. The molecule has 1 heterocycles. The third kappa shape index (κ3) is 3.77. The van der Waals surface area contributed by atoms with E-state index < -0.39 is 17.5 Å². The SMILES string of the molecule is CCC1(OC(=O)C2CC3CC2C(C2C4CC(C(=O)OC5C(=O)OCC5(C)C)C(C4)C2C)C3C)CC2CC1C1CCCC21. The fraction of sp³-hybridized carbons (Fsp3) is 0.917. The first-order valence-corrected chi connectivity index (χ1v) is 17.6. The standard InChI is InChI=1S/C36H52O6/c1-6-36(15-21-14-28(36)23-9-7-8-22(21)23)42-33(38)27-11-19-10-25(27)30(17(19)2)29-18(3)24-12-20(29)13-26(24)32(37)41-31-34(39)40-16-35(31,4)5/h17-31H,6-16H2,1-5H3. The van der Waals surface area contributed by atoms with Gasteiger partial charge in [-0.3, -0.25) is 9.59 Å². The Balaban J connectivity index is 0.953. The third-order valence-corrected chi connectivity index (χ3v) is 15.3. The summed E-state index contributed by atoms with van der Waals surface area (Å²) in [6, 6.07) is 0. The number of carbonyl (C=O) groups is 3. The Morgan fingerprint density at radius 1 is 0.833 bits per heavy atom. The van der Waals surface area contributed by atoms with Gasteiger partial charge in [0, 0.05) is 11.3 Å². The van der Waals surface area contributed by atoms with Crippen molar-refractivity contribution in [3.63, 3.8) is 0 Å². The van der Waals surface area contributed by atoms with Gasteiger partial charge in [-0.15, -0.1) is 0 Å². The molecular formula is C36H52O6. The van der Waals surface area contributed by atoms with E-state index in [9.17, 15) is 14.4 Å². The van der Waals surface area contributed by atoms with Gasteiger partial charge in [-0.2, -0.15) is 0 Å². The van der Waals surface area contributed by atoms with E-state index in [0.717, 1.165) is 49.9 Å². The molecule has 0 spiro atoms. The molecule has 6 nitrogen and oxygen atoms in total. The zero-order valence-corrected chi connectivity index (χ0v) is 26.4. The van der Waals surface area contributed by atoms with Gasteiger partial charge in [0.15, 0.2) is 0 Å². The molecule has 0 aromatic carbocycles. The maximum absolute atomic E-state index is 14.1. The van der Waals surface area contributed by atoms with Gasteiger partial charge < -0.3 is 14.2 Å². The minimum Gasteiger partial charge on any atom is -0.462 e. The van der Waals surface area contributed by atoms with Crippen LogP contribution in [0, 0.1) is 88.3 Å². The molecule has 7 saturated carbocycles. The Morgan fingerprint density at radius 2 is 1.55 bits per heavy atom. The molecule has 8 rings (SSSR count). The monoisotopic (exact) mass is 580 g/mol. The highest BCUT2D eigenvalue weighted by Crippen LogP contribution is 2.68. The first-order valence-electron chi connectivity index (χ1n) is 17.6. The Morgan fingerprint density at radius 3 is 2.24 bits per heavy atom. The summed E-state index contributed by atoms with van der Waals surface area (Å²) in [7, 11) is 0. The van der Waals surface area contributed by atoms with Crippen LogP contribution in [0.2, 0.25) is 0 Å². The van der Waals surface area contributed by atoms with Crippen molar-refractivity contribution >= 4 is 17.9 Å². The molecule has 42 heavy (non-hydrogen) atoms. The summed E-state index contributed by atoms with van der Waals surface area (Å²) in [5.74, 6) is 6.56. The molecule has 1 saturated heterocycles. The lowest BCUT2D eigenvalue weighted by molar-refractivity contribution is -0.179. The molecule has 1 aliphatic heterocycles. The van der Waals surface area contributed by atoms with Gasteiger partial charge in [0.2, 0.25) is 6.10 Å². The summed E-state index contributed by atoms with van der Waals surface area (Å²) in [5, 5.41) is 0. The van der Waals surface area contributed by atoms with Crippen molar-refractivity contribution in [1.82, 2.24) is 0 Å². The van der Waals surface area contributed by atoms with Crippen molar-refractivity contribution in [2.24, 2.45) is 88.3 Å². The number of carbonyl (C=O) groups excluding carboxylic acids is 3. The molecule has 16 atom stereocenters. The molecule has 7 aliphatic carbocycles. The normalized spacial score (nSPS) is 54.4. The second-order valence-electron chi connectivity index (χ2n) is 17.2. The zero-order chi connectivity index (χ0) is 29.3. The number of esters is 3. The third-order valence-electron chi connectivity index (χ3n) is 15.3. The lowest BCUT2D eigenvalue weighted by Crippen LogP contribution is -2.48. The maximum atomic E-state index is 14.1. The van der Waals surface area contributed by atoms with E-state index in [1.54, 1.807) is 0 Å². The van der Waals surface area contributed by atoms with Crippen LogP contribution >= 0.6 is 0 Å². The highest BCUT2D eigenvalue weighted by molar-refractivity contribution is 5.83. The summed E-state index contributed by atoms with van der Waals surface area (Å²) in [6.07, 6.45) is 10.8. The Labute approximate surface area is 251 Å². The number of cyclic esters (lactones) is 1. The van der Waals surface area contributed by atoms with Crippen LogP contribution in [0.4, 0.5) is 0 Å². The topological polar surface area (TPSA) is 78.9 Å². The Kier molecular flexibility index (Phi) is 6.29. The Hall–Kier alpha value is -1.59. The second-order valence-corrected chi connectivity index (χ2v) is 17.2. The molecule has 0 aromatic rings. The quantitative estimate of drug-likeness (QED) is 0.266. The van der Waals surface area contributed by atoms with E-state index in [4.69, 9.17) is 14.2 Å². The lowest BCUT2D eigenvalue weighted by atomic mass is 9.61. The number of hydrogen-bond donors (Lipinski definition) is 0. The van der Waals surface area contributed by atoms with Gasteiger partial charge >= 0.3 is 17.9 Å². The first kappa shape index (κ1) is 27.9. The maximum Gasteiger partial charge on any atom is 0.348 e. The average Bonchev–Trinajstić information content (AvgIpc) is 3.80. The first-order chi connectivity index (χ1) is 20.0. The number of fused-ring (bicyclic) bond motifs is 9. The molecule has 6 bridgehead atoms. The number of ether oxygens (including phenoxy) is 3. The van der Waals surface area contributed by atoms with E-state index in [1.165, 1.54) is 32.1 Å². The van der Waals surface area contributed by atoms with E-state index in [-0.39, 0.29) is 29.4 Å². The molecule has 0 amide bonds. The van der Waals surface area contributed by atoms with Crippen LogP contribution < -0.4 is 0 Å². The molecule has 0 aromatic heterocycles. The summed E-state index contributed by atoms with van der Waals surface area (Å²) >= 11 is 0. The van der Waals surface area contributed by atoms with Crippen molar-refractivity contribution < 1.29 is 28.6 Å². The van der Waals surface area contributed by atoms with Crippen LogP contribution in [0.3, 0.4) is 0 Å². The fourth-order valence-electron chi connectivity index (χ4n) is 13.5. The molecular weight excluding hydrogens is 528 g/mol. The van der Waals surface area contributed by atoms with Crippen LogP contribution in [0.25, 0.3) is 0 Å². The smallest absolute Gasteiger partial charge is 0.348 e. The predicted octanol–water partition coefficient (Wildman–Crippen LogP) is 6.45. The largest absolute Gasteiger partial charge is 0.462 e. The second kappa shape index (κ2) is 9.46. The van der Waals surface area contributed by atoms with Crippen LogP contribution in [-0.2, 0) is 28.6 Å². The van der Waals surface area contributed by atoms with Crippen molar-refractivity contribution in [3.05, 3.63) is 0 Å². The number of rotatable bonds is 6. The molecule has 6 heteroatoms. The fourth-order valence-corrected chi connectivity index (χ4v) is 13.5. The van der Waals surface area contributed by atoms with Crippen molar-refractivity contribution in [2.75, 3.05) is 6.61 Å². The summed E-state index contributed by atoms with van der Waals surface area (Å²) in [4.78, 5) is 39.8. The zero-order valence-electron chi connectivity index (χ0n) is 26.4. The summed E-state index contributed by atoms with van der Waals surface area (Å²) < 4.78 is 17.8. The Bertz CT molecular complexity index is 1160. The van der Waals surface area contributed by atoms with Gasteiger partial charge in [0.05, 0.1) is 11.8 Å². The average molecular weight is 581 g/mol. The van der Waals surface area contributed by atoms with E-state index >= 15 is 0 Å². The molecule has 8 fully saturated rings. The van der Waals surface area contributed by atoms with Crippen molar-refractivity contribution in [1.29, 1.82) is 0 Å². The lowest BCUT2D eigenvalue weighted by Gasteiger charge is -2.46. The van der Waals surface area contributed by atoms with Gasteiger partial charge in [0.25, 0.3) is 0 Å². The summed E-state index contributed by atoms with van der Waals surface area (Å²) in [5.41, 5.74) is -0.683. The molecule has 0 N–H and O–H groups in total. The van der Waals surface area contributed by atoms with Crippen LogP contribution in [0.1, 0.15) is 98.8 Å². The molecule has 8 aliphatic rings. The minimum absolute atomic E-state index is 0.0563. The van der Waals surface area contributed by atoms with Gasteiger partial charge in [0.1, 0.15) is 12.2 Å². The van der Waals surface area contributed by atoms with Crippen molar-refractivity contribution in [2.45, 2.75) is 111 Å². The van der Waals surface area contributed by atoms with E-state index in [1.807, 2.05) is 13.8 Å². The predicted molar refractivity (Wildman–Crippen MR) is 155 cm³/mol. The van der Waals surface area contributed by atoms with Gasteiger partial charge in [-0.05, 0) is 123 Å². The molecule has 16 unspecified atom stereocenters. The highest BCUT2D eigenvalue weighted by atomic mass is 16.6.